The maximum atomic E-state index is 11.7. The fourth-order valence-corrected chi connectivity index (χ4v) is 3.35. The molecule has 122 valence electrons. The Hall–Kier alpha value is -2.06. The number of carbonyl (C=O) groups excluding carboxylic acids is 1. The van der Waals surface area contributed by atoms with Crippen molar-refractivity contribution in [2.45, 2.75) is 25.7 Å². The van der Waals surface area contributed by atoms with Crippen molar-refractivity contribution in [3.05, 3.63) is 28.9 Å². The van der Waals surface area contributed by atoms with Gasteiger partial charge in [0.05, 0.1) is 0 Å². The fraction of sp³-hybridized carbons (Fsp3) is 0.467. The number of aliphatic hydroxyl groups is 1. The lowest BCUT2D eigenvalue weighted by Gasteiger charge is -2.32. The zero-order valence-electron chi connectivity index (χ0n) is 12.9. The molecule has 0 aliphatic carbocycles. The number of hydrogen-bond acceptors (Lipinski definition) is 7. The Morgan fingerprint density at radius 2 is 2.35 bits per heavy atom. The van der Waals surface area contributed by atoms with E-state index >= 15 is 0 Å². The number of pyridine rings is 1. The summed E-state index contributed by atoms with van der Waals surface area (Å²) in [5, 5.41) is 21.8. The average Bonchev–Trinajstić information content (AvgIpc) is 2.99. The van der Waals surface area contributed by atoms with Gasteiger partial charge in [-0.1, -0.05) is 17.4 Å². The molecule has 1 unspecified atom stereocenters. The van der Waals surface area contributed by atoms with Crippen LogP contribution >= 0.6 is 11.3 Å². The summed E-state index contributed by atoms with van der Waals surface area (Å²) >= 11 is 1.48. The second-order valence-electron chi connectivity index (χ2n) is 5.54. The number of likely N-dealkylation sites (tertiary alicyclic amines) is 1. The van der Waals surface area contributed by atoms with Crippen LogP contribution < -0.4 is 5.32 Å². The summed E-state index contributed by atoms with van der Waals surface area (Å²) in [7, 11) is 0. The Bertz CT molecular complexity index is 690. The molecule has 1 amide bonds. The molecule has 23 heavy (non-hydrogen) atoms. The molecule has 8 heteroatoms. The van der Waals surface area contributed by atoms with Gasteiger partial charge in [0, 0.05) is 24.7 Å². The quantitative estimate of drug-likeness (QED) is 0.884. The van der Waals surface area contributed by atoms with Gasteiger partial charge >= 0.3 is 0 Å². The lowest BCUT2D eigenvalue weighted by molar-refractivity contribution is -0.135. The number of nitrogens with one attached hydrogen (secondary N) is 1. The smallest absolute Gasteiger partial charge is 0.248 e. The SMILES string of the molecule is Cc1nnc(Nc2cccc(C3CCCN(C(=O)CO)C3)n2)s1. The van der Waals surface area contributed by atoms with E-state index in [1.54, 1.807) is 4.90 Å². The number of piperidine rings is 1. The van der Waals surface area contributed by atoms with Gasteiger partial charge in [0.2, 0.25) is 11.0 Å². The van der Waals surface area contributed by atoms with E-state index < -0.39 is 6.61 Å². The van der Waals surface area contributed by atoms with E-state index in [-0.39, 0.29) is 11.8 Å². The van der Waals surface area contributed by atoms with Crippen LogP contribution in [0.15, 0.2) is 18.2 Å². The molecule has 3 heterocycles. The molecule has 0 aromatic carbocycles. The molecule has 0 spiro atoms. The first-order chi connectivity index (χ1) is 11.2. The minimum Gasteiger partial charge on any atom is -0.387 e. The molecule has 0 saturated carbocycles. The van der Waals surface area contributed by atoms with Gasteiger partial charge in [-0.15, -0.1) is 10.2 Å². The van der Waals surface area contributed by atoms with E-state index in [9.17, 15) is 4.79 Å². The highest BCUT2D eigenvalue weighted by Crippen LogP contribution is 2.27. The van der Waals surface area contributed by atoms with Crippen LogP contribution in [0.5, 0.6) is 0 Å². The first-order valence-corrected chi connectivity index (χ1v) is 8.40. The molecular weight excluding hydrogens is 314 g/mol. The molecule has 1 fully saturated rings. The summed E-state index contributed by atoms with van der Waals surface area (Å²) in [4.78, 5) is 18.0. The molecule has 1 saturated heterocycles. The van der Waals surface area contributed by atoms with Crippen LogP contribution in [-0.4, -0.2) is 50.8 Å². The van der Waals surface area contributed by atoms with Gasteiger partial charge in [0.15, 0.2) is 0 Å². The summed E-state index contributed by atoms with van der Waals surface area (Å²) < 4.78 is 0. The van der Waals surface area contributed by atoms with E-state index in [2.05, 4.69) is 20.5 Å². The average molecular weight is 333 g/mol. The Balaban J connectivity index is 1.72. The van der Waals surface area contributed by atoms with Crippen LogP contribution in [-0.2, 0) is 4.79 Å². The zero-order valence-corrected chi connectivity index (χ0v) is 13.7. The van der Waals surface area contributed by atoms with Crippen molar-refractivity contribution in [1.82, 2.24) is 20.1 Å². The number of rotatable bonds is 4. The normalized spacial score (nSPS) is 18.0. The third-order valence-electron chi connectivity index (χ3n) is 3.86. The number of anilines is 2. The topological polar surface area (TPSA) is 91.2 Å². The van der Waals surface area contributed by atoms with Crippen LogP contribution in [0.25, 0.3) is 0 Å². The zero-order chi connectivity index (χ0) is 16.2. The van der Waals surface area contributed by atoms with E-state index in [0.29, 0.717) is 18.2 Å². The van der Waals surface area contributed by atoms with Crippen LogP contribution in [0, 0.1) is 6.92 Å². The molecule has 1 aliphatic rings. The number of aromatic nitrogens is 3. The van der Waals surface area contributed by atoms with Crippen molar-refractivity contribution in [2.75, 3.05) is 25.0 Å². The second-order valence-corrected chi connectivity index (χ2v) is 6.72. The summed E-state index contributed by atoms with van der Waals surface area (Å²) in [6.45, 7) is 2.78. The van der Waals surface area contributed by atoms with Crippen molar-refractivity contribution in [2.24, 2.45) is 0 Å². The highest BCUT2D eigenvalue weighted by molar-refractivity contribution is 7.15. The van der Waals surface area contributed by atoms with Gasteiger partial charge in [-0.3, -0.25) is 4.79 Å². The first kappa shape index (κ1) is 15.8. The van der Waals surface area contributed by atoms with Crippen molar-refractivity contribution in [1.29, 1.82) is 0 Å². The third-order valence-corrected chi connectivity index (χ3v) is 4.61. The number of aliphatic hydroxyl groups excluding tert-OH is 1. The summed E-state index contributed by atoms with van der Waals surface area (Å²) in [6, 6.07) is 5.82. The van der Waals surface area contributed by atoms with Gasteiger partial charge in [-0.05, 0) is 31.9 Å². The Morgan fingerprint density at radius 3 is 3.09 bits per heavy atom. The molecule has 1 atom stereocenters. The number of carbonyl (C=O) groups is 1. The highest BCUT2D eigenvalue weighted by Gasteiger charge is 2.25. The van der Waals surface area contributed by atoms with Gasteiger partial charge < -0.3 is 15.3 Å². The van der Waals surface area contributed by atoms with Gasteiger partial charge in [0.25, 0.3) is 0 Å². The van der Waals surface area contributed by atoms with Crippen LogP contribution in [0.2, 0.25) is 0 Å². The molecule has 0 bridgehead atoms. The lowest BCUT2D eigenvalue weighted by Crippen LogP contribution is -2.40. The Labute approximate surface area is 138 Å². The molecule has 2 aromatic heterocycles. The van der Waals surface area contributed by atoms with Crippen molar-refractivity contribution in [3.8, 4) is 0 Å². The number of hydrogen-bond donors (Lipinski definition) is 2. The minimum absolute atomic E-state index is 0.192. The molecule has 3 rings (SSSR count). The lowest BCUT2D eigenvalue weighted by atomic mass is 9.94. The minimum atomic E-state index is -0.432. The summed E-state index contributed by atoms with van der Waals surface area (Å²) in [5.41, 5.74) is 0.951. The monoisotopic (exact) mass is 333 g/mol. The Morgan fingerprint density at radius 1 is 1.48 bits per heavy atom. The third kappa shape index (κ3) is 3.83. The van der Waals surface area contributed by atoms with Crippen LogP contribution in [0.1, 0.15) is 29.5 Å². The van der Waals surface area contributed by atoms with E-state index in [1.807, 2.05) is 25.1 Å². The largest absolute Gasteiger partial charge is 0.387 e. The van der Waals surface area contributed by atoms with Crippen molar-refractivity contribution >= 4 is 28.2 Å². The second kappa shape index (κ2) is 7.01. The molecule has 7 nitrogen and oxygen atoms in total. The van der Waals surface area contributed by atoms with Crippen molar-refractivity contribution in [3.63, 3.8) is 0 Å². The number of aryl methyl sites for hydroxylation is 1. The van der Waals surface area contributed by atoms with Crippen molar-refractivity contribution < 1.29 is 9.90 Å². The predicted octanol–water partition coefficient (Wildman–Crippen LogP) is 1.68. The molecule has 1 aliphatic heterocycles. The fourth-order valence-electron chi connectivity index (χ4n) is 2.75. The van der Waals surface area contributed by atoms with E-state index in [1.165, 1.54) is 11.3 Å². The predicted molar refractivity (Wildman–Crippen MR) is 87.8 cm³/mol. The van der Waals surface area contributed by atoms with E-state index in [0.717, 1.165) is 29.4 Å². The molecule has 0 radical (unpaired) electrons. The first-order valence-electron chi connectivity index (χ1n) is 7.58. The van der Waals surface area contributed by atoms with Crippen LogP contribution in [0.4, 0.5) is 10.9 Å². The summed E-state index contributed by atoms with van der Waals surface area (Å²) in [6.07, 6.45) is 1.91. The number of amides is 1. The summed E-state index contributed by atoms with van der Waals surface area (Å²) in [5.74, 6) is 0.703. The van der Waals surface area contributed by atoms with Gasteiger partial charge in [-0.2, -0.15) is 0 Å². The Kier molecular flexibility index (Phi) is 4.82. The highest BCUT2D eigenvalue weighted by atomic mass is 32.1. The van der Waals surface area contributed by atoms with E-state index in [4.69, 9.17) is 5.11 Å². The maximum Gasteiger partial charge on any atom is 0.248 e. The number of nitrogens with zero attached hydrogens (tertiary/aromatic N) is 4. The van der Waals surface area contributed by atoms with Gasteiger partial charge in [0.1, 0.15) is 17.4 Å². The molecule has 2 aromatic rings. The molecule has 2 N–H and O–H groups in total. The standard InChI is InChI=1S/C15H19N5O2S/c1-10-18-19-15(23-10)17-13-6-2-5-12(16-13)11-4-3-7-20(8-11)14(22)9-21/h2,5-6,11,21H,3-4,7-9H2,1H3,(H,16,17,19). The van der Waals surface area contributed by atoms with Crippen LogP contribution in [0.3, 0.4) is 0 Å². The maximum absolute atomic E-state index is 11.7. The van der Waals surface area contributed by atoms with Gasteiger partial charge in [-0.25, -0.2) is 4.98 Å². The molecular formula is C15H19N5O2S.